The van der Waals surface area contributed by atoms with Gasteiger partial charge in [0, 0.05) is 55.4 Å². The van der Waals surface area contributed by atoms with Crippen molar-refractivity contribution in [1.29, 1.82) is 0 Å². The van der Waals surface area contributed by atoms with Crippen LogP contribution in [0.25, 0.3) is 0 Å². The van der Waals surface area contributed by atoms with Crippen molar-refractivity contribution in [1.82, 2.24) is 9.97 Å². The van der Waals surface area contributed by atoms with Crippen LogP contribution in [0.1, 0.15) is 59.2 Å². The van der Waals surface area contributed by atoms with E-state index in [2.05, 4.69) is 30.4 Å². The average Bonchev–Trinajstić information content (AvgIpc) is 2.96. The van der Waals surface area contributed by atoms with Crippen molar-refractivity contribution in [3.05, 3.63) is 71.0 Å². The number of carbonyl (C=O) groups excluding carboxylic acids is 2. The largest absolute Gasteiger partial charge is 0.357 e. The van der Waals surface area contributed by atoms with E-state index in [1.165, 1.54) is 12.8 Å². The molecular formula is C28H31ClN6O2. The highest BCUT2D eigenvalue weighted by atomic mass is 35.5. The molecule has 0 radical (unpaired) electrons. The lowest BCUT2D eigenvalue weighted by Gasteiger charge is -2.27. The van der Waals surface area contributed by atoms with Crippen LogP contribution in [0.2, 0.25) is 5.02 Å². The fraction of sp³-hybridized carbons (Fsp3) is 0.357. The average molecular weight is 519 g/mol. The zero-order valence-electron chi connectivity index (χ0n) is 20.8. The first-order valence-corrected chi connectivity index (χ1v) is 13.3. The Bertz CT molecular complexity index is 1270. The minimum absolute atomic E-state index is 0.249. The maximum Gasteiger partial charge on any atom is 0.255 e. The van der Waals surface area contributed by atoms with Gasteiger partial charge in [0.1, 0.15) is 11.6 Å². The Morgan fingerprint density at radius 1 is 0.676 bits per heavy atom. The molecule has 5 rings (SSSR count). The zero-order valence-corrected chi connectivity index (χ0v) is 21.5. The van der Waals surface area contributed by atoms with Gasteiger partial charge in [0.05, 0.1) is 10.7 Å². The van der Waals surface area contributed by atoms with Crippen LogP contribution in [0, 0.1) is 0 Å². The number of nitrogens with zero attached hydrogens (tertiary/aromatic N) is 4. The molecular weight excluding hydrogens is 488 g/mol. The highest BCUT2D eigenvalue weighted by molar-refractivity contribution is 6.34. The molecule has 0 spiro atoms. The lowest BCUT2D eigenvalue weighted by Crippen LogP contribution is -2.30. The molecule has 1 aromatic carbocycles. The van der Waals surface area contributed by atoms with Crippen molar-refractivity contribution in [2.24, 2.45) is 0 Å². The highest BCUT2D eigenvalue weighted by Gasteiger charge is 2.17. The second-order valence-corrected chi connectivity index (χ2v) is 9.91. The summed E-state index contributed by atoms with van der Waals surface area (Å²) in [6.07, 6.45) is 10.3. The Kier molecular flexibility index (Phi) is 7.84. The Balaban J connectivity index is 1.27. The van der Waals surface area contributed by atoms with Crippen molar-refractivity contribution in [3.63, 3.8) is 0 Å². The van der Waals surface area contributed by atoms with E-state index in [0.29, 0.717) is 27.5 Å². The molecule has 2 fully saturated rings. The Hall–Kier alpha value is -3.65. The van der Waals surface area contributed by atoms with Gasteiger partial charge in [0.2, 0.25) is 0 Å². The molecule has 0 aliphatic carbocycles. The quantitative estimate of drug-likeness (QED) is 0.440. The molecule has 2 aliphatic heterocycles. The molecule has 3 aromatic rings. The van der Waals surface area contributed by atoms with Gasteiger partial charge in [-0.05, 0) is 81.0 Å². The number of hydrogen-bond acceptors (Lipinski definition) is 6. The van der Waals surface area contributed by atoms with E-state index in [4.69, 9.17) is 11.6 Å². The third-order valence-corrected chi connectivity index (χ3v) is 7.18. The monoisotopic (exact) mass is 518 g/mol. The SMILES string of the molecule is O=C(Nc1ccc(Cl)c(NC(=O)c2ccnc(N3CCCCC3)c2)c1)c1ccnc(N2CCCCC2)c1. The van der Waals surface area contributed by atoms with Gasteiger partial charge in [-0.2, -0.15) is 0 Å². The Morgan fingerprint density at radius 3 is 1.73 bits per heavy atom. The zero-order chi connectivity index (χ0) is 25.6. The predicted molar refractivity (Wildman–Crippen MR) is 148 cm³/mol. The normalized spacial score (nSPS) is 15.8. The lowest BCUT2D eigenvalue weighted by molar-refractivity contribution is 0.101. The molecule has 2 N–H and O–H groups in total. The molecule has 2 saturated heterocycles. The number of piperidine rings is 2. The number of rotatable bonds is 6. The third-order valence-electron chi connectivity index (χ3n) is 6.85. The second kappa shape index (κ2) is 11.6. The standard InChI is InChI=1S/C28H31ClN6O2/c29-23-8-7-22(32-27(36)20-9-11-30-25(17-20)34-13-3-1-4-14-34)19-24(23)33-28(37)21-10-12-31-26(18-21)35-15-5-2-6-16-35/h7-12,17-19H,1-6,13-16H2,(H,32,36)(H,33,37). The molecule has 2 aromatic heterocycles. The number of aromatic nitrogens is 2. The first kappa shape index (κ1) is 25.0. The molecule has 192 valence electrons. The maximum atomic E-state index is 13.0. The van der Waals surface area contributed by atoms with Crippen molar-refractivity contribution in [2.75, 3.05) is 46.6 Å². The molecule has 0 saturated carbocycles. The number of pyridine rings is 2. The number of hydrogen-bond donors (Lipinski definition) is 2. The maximum absolute atomic E-state index is 13.0. The summed E-state index contributed by atoms with van der Waals surface area (Å²) in [6, 6.07) is 12.0. The fourth-order valence-electron chi connectivity index (χ4n) is 4.81. The Labute approximate surface area is 222 Å². The second-order valence-electron chi connectivity index (χ2n) is 9.50. The summed E-state index contributed by atoms with van der Waals surface area (Å²) < 4.78 is 0. The van der Waals surface area contributed by atoms with Gasteiger partial charge >= 0.3 is 0 Å². The molecule has 0 atom stereocenters. The van der Waals surface area contributed by atoms with Crippen LogP contribution in [0.3, 0.4) is 0 Å². The summed E-state index contributed by atoms with van der Waals surface area (Å²) in [5.41, 5.74) is 1.98. The number of amides is 2. The van der Waals surface area contributed by atoms with E-state index in [1.807, 2.05) is 12.1 Å². The van der Waals surface area contributed by atoms with Crippen molar-refractivity contribution in [3.8, 4) is 0 Å². The summed E-state index contributed by atoms with van der Waals surface area (Å²) in [6.45, 7) is 3.80. The van der Waals surface area contributed by atoms with Crippen LogP contribution in [0.5, 0.6) is 0 Å². The first-order chi connectivity index (χ1) is 18.1. The smallest absolute Gasteiger partial charge is 0.255 e. The Morgan fingerprint density at radius 2 is 1.19 bits per heavy atom. The first-order valence-electron chi connectivity index (χ1n) is 12.9. The van der Waals surface area contributed by atoms with E-state index in [0.717, 1.165) is 63.5 Å². The van der Waals surface area contributed by atoms with E-state index in [9.17, 15) is 9.59 Å². The van der Waals surface area contributed by atoms with Gasteiger partial charge in [-0.1, -0.05) is 11.6 Å². The molecule has 0 unspecified atom stereocenters. The summed E-state index contributed by atoms with van der Waals surface area (Å²) in [7, 11) is 0. The number of benzene rings is 1. The minimum Gasteiger partial charge on any atom is -0.357 e. The van der Waals surface area contributed by atoms with Crippen LogP contribution in [0.4, 0.5) is 23.0 Å². The van der Waals surface area contributed by atoms with Crippen LogP contribution in [0.15, 0.2) is 54.9 Å². The van der Waals surface area contributed by atoms with Crippen LogP contribution in [-0.2, 0) is 0 Å². The molecule has 2 aliphatic rings. The molecule has 9 heteroatoms. The molecule has 37 heavy (non-hydrogen) atoms. The van der Waals surface area contributed by atoms with E-state index < -0.39 is 0 Å². The van der Waals surface area contributed by atoms with Crippen LogP contribution >= 0.6 is 11.6 Å². The van der Waals surface area contributed by atoms with Gasteiger partial charge in [-0.15, -0.1) is 0 Å². The third kappa shape index (κ3) is 6.20. The molecule has 4 heterocycles. The molecule has 2 amide bonds. The fourth-order valence-corrected chi connectivity index (χ4v) is 4.97. The number of anilines is 4. The van der Waals surface area contributed by atoms with Crippen molar-refractivity contribution in [2.45, 2.75) is 38.5 Å². The summed E-state index contributed by atoms with van der Waals surface area (Å²) in [5, 5.41) is 6.17. The topological polar surface area (TPSA) is 90.5 Å². The van der Waals surface area contributed by atoms with Gasteiger partial charge in [0.15, 0.2) is 0 Å². The van der Waals surface area contributed by atoms with Crippen LogP contribution in [-0.4, -0.2) is 48.0 Å². The van der Waals surface area contributed by atoms with Crippen molar-refractivity contribution >= 4 is 46.4 Å². The summed E-state index contributed by atoms with van der Waals surface area (Å²) in [4.78, 5) is 39.3. The van der Waals surface area contributed by atoms with E-state index >= 15 is 0 Å². The highest BCUT2D eigenvalue weighted by Crippen LogP contribution is 2.27. The van der Waals surface area contributed by atoms with Gasteiger partial charge in [0.25, 0.3) is 11.8 Å². The van der Waals surface area contributed by atoms with Gasteiger partial charge in [-0.3, -0.25) is 9.59 Å². The number of nitrogens with one attached hydrogen (secondary N) is 2. The minimum atomic E-state index is -0.286. The van der Waals surface area contributed by atoms with Gasteiger partial charge < -0.3 is 20.4 Å². The lowest BCUT2D eigenvalue weighted by atomic mass is 10.1. The summed E-state index contributed by atoms with van der Waals surface area (Å²) >= 11 is 6.38. The van der Waals surface area contributed by atoms with Gasteiger partial charge in [-0.25, -0.2) is 9.97 Å². The van der Waals surface area contributed by atoms with E-state index in [1.54, 1.807) is 42.7 Å². The van der Waals surface area contributed by atoms with Crippen LogP contribution < -0.4 is 20.4 Å². The van der Waals surface area contributed by atoms with Crippen molar-refractivity contribution < 1.29 is 9.59 Å². The number of carbonyl (C=O) groups is 2. The predicted octanol–water partition coefficient (Wildman–Crippen LogP) is 5.62. The molecule has 0 bridgehead atoms. The number of halogens is 1. The van der Waals surface area contributed by atoms with E-state index in [-0.39, 0.29) is 11.8 Å². The molecule has 8 nitrogen and oxygen atoms in total. The summed E-state index contributed by atoms with van der Waals surface area (Å²) in [5.74, 6) is 1.09.